The highest BCUT2D eigenvalue weighted by molar-refractivity contribution is 5.26. The van der Waals surface area contributed by atoms with E-state index in [-0.39, 0.29) is 6.04 Å². The van der Waals surface area contributed by atoms with E-state index in [1.807, 2.05) is 6.07 Å². The maximum absolute atomic E-state index is 6.18. The lowest BCUT2D eigenvalue weighted by atomic mass is 9.99. The molecule has 0 aliphatic carbocycles. The van der Waals surface area contributed by atoms with Gasteiger partial charge in [0.1, 0.15) is 0 Å². The van der Waals surface area contributed by atoms with Crippen molar-refractivity contribution in [1.29, 1.82) is 0 Å². The van der Waals surface area contributed by atoms with Gasteiger partial charge in [0.25, 0.3) is 0 Å². The quantitative estimate of drug-likeness (QED) is 0.828. The molecule has 0 saturated carbocycles. The van der Waals surface area contributed by atoms with E-state index in [1.54, 1.807) is 0 Å². The van der Waals surface area contributed by atoms with E-state index in [0.717, 1.165) is 6.42 Å². The second kappa shape index (κ2) is 4.95. The van der Waals surface area contributed by atoms with Gasteiger partial charge in [-0.25, -0.2) is 0 Å². The Hall–Kier alpha value is -1.60. The van der Waals surface area contributed by atoms with Crippen molar-refractivity contribution >= 4 is 0 Å². The predicted molar refractivity (Wildman–Crippen MR) is 68.3 cm³/mol. The van der Waals surface area contributed by atoms with Crippen LogP contribution in [0.15, 0.2) is 54.6 Å². The number of rotatable bonds is 3. The summed E-state index contributed by atoms with van der Waals surface area (Å²) in [5.74, 6) is 0. The van der Waals surface area contributed by atoms with Crippen LogP contribution in [0, 0.1) is 6.92 Å². The third-order valence-electron chi connectivity index (χ3n) is 2.80. The van der Waals surface area contributed by atoms with Gasteiger partial charge in [0.05, 0.1) is 0 Å². The molecular formula is C15H17N. The zero-order valence-corrected chi connectivity index (χ0v) is 9.56. The minimum atomic E-state index is 0.0861. The van der Waals surface area contributed by atoms with Crippen molar-refractivity contribution in [2.45, 2.75) is 19.4 Å². The Kier molecular flexibility index (Phi) is 3.37. The Labute approximate surface area is 96.9 Å². The van der Waals surface area contributed by atoms with Crippen molar-refractivity contribution in [3.63, 3.8) is 0 Å². The van der Waals surface area contributed by atoms with Crippen LogP contribution in [0.1, 0.15) is 22.7 Å². The number of benzene rings is 2. The smallest absolute Gasteiger partial charge is 0.0335 e. The van der Waals surface area contributed by atoms with Crippen LogP contribution in [0.25, 0.3) is 0 Å². The van der Waals surface area contributed by atoms with Gasteiger partial charge in [-0.15, -0.1) is 0 Å². The highest BCUT2D eigenvalue weighted by Gasteiger charge is 2.06. The number of hydrogen-bond donors (Lipinski definition) is 1. The molecule has 0 aliphatic rings. The predicted octanol–water partition coefficient (Wildman–Crippen LogP) is 3.24. The first-order valence-corrected chi connectivity index (χ1v) is 5.62. The van der Waals surface area contributed by atoms with Gasteiger partial charge in [-0.2, -0.15) is 0 Å². The Morgan fingerprint density at radius 3 is 2.19 bits per heavy atom. The van der Waals surface area contributed by atoms with Crippen LogP contribution in [-0.2, 0) is 6.42 Å². The molecule has 0 fully saturated rings. The molecule has 0 heterocycles. The molecule has 2 aromatic rings. The van der Waals surface area contributed by atoms with E-state index >= 15 is 0 Å². The molecule has 0 unspecified atom stereocenters. The maximum atomic E-state index is 6.18. The molecule has 0 saturated heterocycles. The van der Waals surface area contributed by atoms with Crippen molar-refractivity contribution in [1.82, 2.24) is 0 Å². The topological polar surface area (TPSA) is 26.0 Å². The van der Waals surface area contributed by atoms with Crippen molar-refractivity contribution in [2.75, 3.05) is 0 Å². The fourth-order valence-electron chi connectivity index (χ4n) is 1.80. The van der Waals surface area contributed by atoms with E-state index in [9.17, 15) is 0 Å². The molecule has 2 N–H and O–H groups in total. The molecule has 1 nitrogen and oxygen atoms in total. The van der Waals surface area contributed by atoms with Crippen molar-refractivity contribution in [3.05, 3.63) is 71.3 Å². The molecule has 0 aliphatic heterocycles. The average molecular weight is 211 g/mol. The largest absolute Gasteiger partial charge is 0.324 e. The lowest BCUT2D eigenvalue weighted by Gasteiger charge is -2.12. The summed E-state index contributed by atoms with van der Waals surface area (Å²) in [7, 11) is 0. The molecule has 82 valence electrons. The molecule has 0 radical (unpaired) electrons. The molecule has 1 atom stereocenters. The van der Waals surface area contributed by atoms with E-state index < -0.39 is 0 Å². The highest BCUT2D eigenvalue weighted by atomic mass is 14.6. The normalized spacial score (nSPS) is 12.4. The van der Waals surface area contributed by atoms with Gasteiger partial charge in [0.2, 0.25) is 0 Å². The summed E-state index contributed by atoms with van der Waals surface area (Å²) in [6.45, 7) is 2.09. The van der Waals surface area contributed by atoms with Crippen LogP contribution < -0.4 is 5.73 Å². The first kappa shape index (κ1) is 10.9. The Bertz CT molecular complexity index is 431. The van der Waals surface area contributed by atoms with Crippen LogP contribution in [0.3, 0.4) is 0 Å². The summed E-state index contributed by atoms with van der Waals surface area (Å²) in [6.07, 6.45) is 0.893. The van der Waals surface area contributed by atoms with E-state index in [1.165, 1.54) is 16.7 Å². The van der Waals surface area contributed by atoms with Crippen LogP contribution in [0.2, 0.25) is 0 Å². The van der Waals surface area contributed by atoms with Gasteiger partial charge in [-0.1, -0.05) is 60.2 Å². The molecule has 2 rings (SSSR count). The number of nitrogens with two attached hydrogens (primary N) is 1. The summed E-state index contributed by atoms with van der Waals surface area (Å²) >= 11 is 0. The molecular weight excluding hydrogens is 194 g/mol. The Balaban J connectivity index is 2.09. The van der Waals surface area contributed by atoms with E-state index in [0.29, 0.717) is 0 Å². The molecule has 0 spiro atoms. The molecule has 0 amide bonds. The summed E-state index contributed by atoms with van der Waals surface area (Å²) in [4.78, 5) is 0. The van der Waals surface area contributed by atoms with Crippen LogP contribution in [-0.4, -0.2) is 0 Å². The summed E-state index contributed by atoms with van der Waals surface area (Å²) in [5.41, 5.74) is 9.94. The summed E-state index contributed by atoms with van der Waals surface area (Å²) in [5, 5.41) is 0. The first-order valence-electron chi connectivity index (χ1n) is 5.62. The minimum Gasteiger partial charge on any atom is -0.324 e. The lowest BCUT2D eigenvalue weighted by molar-refractivity contribution is 0.722. The number of aryl methyl sites for hydroxylation is 1. The fourth-order valence-corrected chi connectivity index (χ4v) is 1.80. The van der Waals surface area contributed by atoms with Gasteiger partial charge >= 0.3 is 0 Å². The molecule has 0 bridgehead atoms. The minimum absolute atomic E-state index is 0.0861. The van der Waals surface area contributed by atoms with Gasteiger partial charge in [0, 0.05) is 6.04 Å². The SMILES string of the molecule is Cc1ccc([C@H](N)Cc2ccccc2)cc1. The van der Waals surface area contributed by atoms with Crippen molar-refractivity contribution in [3.8, 4) is 0 Å². The standard InChI is InChI=1S/C15H17N/c1-12-7-9-14(10-8-12)15(16)11-13-5-3-2-4-6-13/h2-10,15H,11,16H2,1H3/t15-/m1/s1. The molecule has 0 aromatic heterocycles. The zero-order chi connectivity index (χ0) is 11.4. The van der Waals surface area contributed by atoms with Crippen LogP contribution in [0.4, 0.5) is 0 Å². The van der Waals surface area contributed by atoms with Crippen LogP contribution >= 0.6 is 0 Å². The van der Waals surface area contributed by atoms with Crippen molar-refractivity contribution < 1.29 is 0 Å². The second-order valence-electron chi connectivity index (χ2n) is 4.21. The van der Waals surface area contributed by atoms with E-state index in [4.69, 9.17) is 5.73 Å². The molecule has 1 heteroatoms. The Morgan fingerprint density at radius 2 is 1.56 bits per heavy atom. The summed E-state index contributed by atoms with van der Waals surface area (Å²) < 4.78 is 0. The second-order valence-corrected chi connectivity index (χ2v) is 4.21. The summed E-state index contributed by atoms with van der Waals surface area (Å²) in [6, 6.07) is 18.9. The van der Waals surface area contributed by atoms with Crippen molar-refractivity contribution in [2.24, 2.45) is 5.73 Å². The van der Waals surface area contributed by atoms with Crippen LogP contribution in [0.5, 0.6) is 0 Å². The van der Waals surface area contributed by atoms with Gasteiger partial charge in [-0.05, 0) is 24.5 Å². The van der Waals surface area contributed by atoms with Gasteiger partial charge in [-0.3, -0.25) is 0 Å². The molecule has 2 aromatic carbocycles. The first-order chi connectivity index (χ1) is 7.75. The number of hydrogen-bond acceptors (Lipinski definition) is 1. The maximum Gasteiger partial charge on any atom is 0.0335 e. The highest BCUT2D eigenvalue weighted by Crippen LogP contribution is 2.16. The monoisotopic (exact) mass is 211 g/mol. The van der Waals surface area contributed by atoms with Gasteiger partial charge < -0.3 is 5.73 Å². The molecule has 16 heavy (non-hydrogen) atoms. The van der Waals surface area contributed by atoms with Gasteiger partial charge in [0.15, 0.2) is 0 Å². The third kappa shape index (κ3) is 2.71. The lowest BCUT2D eigenvalue weighted by Crippen LogP contribution is -2.13. The Morgan fingerprint density at radius 1 is 0.938 bits per heavy atom. The van der Waals surface area contributed by atoms with E-state index in [2.05, 4.69) is 55.5 Å². The average Bonchev–Trinajstić information content (AvgIpc) is 2.31. The zero-order valence-electron chi connectivity index (χ0n) is 9.56. The third-order valence-corrected chi connectivity index (χ3v) is 2.80. The fraction of sp³-hybridized carbons (Fsp3) is 0.200.